The van der Waals surface area contributed by atoms with Crippen molar-refractivity contribution in [2.24, 2.45) is 0 Å². The van der Waals surface area contributed by atoms with Gasteiger partial charge in [0.25, 0.3) is 0 Å². The fourth-order valence-electron chi connectivity index (χ4n) is 22.6. The molecule has 0 radical (unpaired) electrons. The molecule has 0 N–H and O–H groups in total. The van der Waals surface area contributed by atoms with Crippen molar-refractivity contribution in [1.29, 1.82) is 0 Å². The van der Waals surface area contributed by atoms with Gasteiger partial charge < -0.3 is 4.42 Å². The third-order valence-electron chi connectivity index (χ3n) is 30.1. The van der Waals surface area contributed by atoms with E-state index in [-0.39, 0.29) is 10.8 Å². The lowest BCUT2D eigenvalue weighted by Crippen LogP contribution is -2.15. The van der Waals surface area contributed by atoms with Crippen LogP contribution in [0.25, 0.3) is 267 Å². The third kappa shape index (κ3) is 16.0. The van der Waals surface area contributed by atoms with Crippen molar-refractivity contribution in [3.8, 4) is 169 Å². The van der Waals surface area contributed by atoms with E-state index in [1.54, 1.807) is 0 Å². The molecule has 0 saturated heterocycles. The molecule has 4 heterocycles. The quantitative estimate of drug-likeness (QED) is 0.110. The molecule has 700 valence electrons. The highest BCUT2D eigenvalue weighted by Crippen LogP contribution is 2.57. The van der Waals surface area contributed by atoms with Gasteiger partial charge in [0.15, 0.2) is 52.4 Å². The second-order valence-electron chi connectivity index (χ2n) is 39.8. The molecule has 2 aliphatic rings. The standard InChI is InChI=1S/C48H33N3.C46H33N3.C45H27N3O/c1-48(2)41-21-10-9-20-40(41)44-42(48)29-34-16-7-8-19-39(34)43(44)35-17-11-18-36(28-35)45-49-46(37-24-22-30-12-3-5-14-32(30)26-37)51-47(50-45)38-25-23-31-13-4-6-15-33(31)27-38;1-46(2)39-26-12-11-25-38(39)41-40(46)29-34-19-9-10-24-37(34)42(41)45-48-43(35-22-13-20-32(27-35)30-15-5-3-6-16-30)47-44(49-45)36-23-14-21-33(28-36)31-17-7-4-8-18-31;1-3-12-30-26-32(24-22-28(30)10-1)43-46-44(33-25-23-29-11-2-4-13-31(29)27-33)48-45(47-43)38-19-8-15-34-35(16-7-17-36(34)38)37-18-9-21-41-42(37)39-14-5-6-20-40(39)49-41/h3-29H,1-2H3;3-29H,1-2H3;1-27H. The number of nitrogens with zero attached hydrogens (tertiary/aromatic N) is 9. The van der Waals surface area contributed by atoms with E-state index in [1.165, 1.54) is 87.8 Å². The second-order valence-corrected chi connectivity index (χ2v) is 39.8. The Bertz CT molecular complexity index is 9790. The Hall–Kier alpha value is -19.3. The molecule has 149 heavy (non-hydrogen) atoms. The Morgan fingerprint density at radius 3 is 0.879 bits per heavy atom. The van der Waals surface area contributed by atoms with Gasteiger partial charge in [0, 0.05) is 71.7 Å². The fraction of sp³-hybridized carbons (Fsp3) is 0.0432. The van der Waals surface area contributed by atoms with Crippen LogP contribution in [0.3, 0.4) is 0 Å². The lowest BCUT2D eigenvalue weighted by molar-refractivity contribution is 0.661. The number of furan rings is 1. The molecular weight excluding hydrogens is 1810 g/mol. The molecule has 0 spiro atoms. The van der Waals surface area contributed by atoms with Crippen LogP contribution in [-0.4, -0.2) is 44.9 Å². The summed E-state index contributed by atoms with van der Waals surface area (Å²) in [6, 6.07) is 173. The van der Waals surface area contributed by atoms with Gasteiger partial charge in [-0.3, -0.25) is 0 Å². The Morgan fingerprint density at radius 2 is 0.430 bits per heavy atom. The lowest BCUT2D eigenvalue weighted by atomic mass is 9.80. The number of hydrogen-bond donors (Lipinski definition) is 0. The van der Waals surface area contributed by atoms with Gasteiger partial charge in [-0.05, 0) is 231 Å². The molecule has 10 nitrogen and oxygen atoms in total. The van der Waals surface area contributed by atoms with E-state index in [9.17, 15) is 0 Å². The number of rotatable bonds is 13. The molecule has 2 aliphatic carbocycles. The van der Waals surface area contributed by atoms with Crippen molar-refractivity contribution in [1.82, 2.24) is 44.9 Å². The number of para-hydroxylation sites is 1. The van der Waals surface area contributed by atoms with E-state index >= 15 is 0 Å². The Labute approximate surface area is 861 Å². The summed E-state index contributed by atoms with van der Waals surface area (Å²) in [7, 11) is 0. The summed E-state index contributed by atoms with van der Waals surface area (Å²) >= 11 is 0. The van der Waals surface area contributed by atoms with Crippen molar-refractivity contribution in [2.45, 2.75) is 38.5 Å². The Kier molecular flexibility index (Phi) is 21.7. The van der Waals surface area contributed by atoms with Crippen LogP contribution < -0.4 is 0 Å². The molecule has 0 unspecified atom stereocenters. The second kappa shape index (κ2) is 36.5. The minimum atomic E-state index is -0.169. The zero-order chi connectivity index (χ0) is 99.4. The zero-order valence-electron chi connectivity index (χ0n) is 82.2. The number of aromatic nitrogens is 9. The number of fused-ring (bicyclic) bond motifs is 16. The van der Waals surface area contributed by atoms with Crippen LogP contribution in [0.2, 0.25) is 0 Å². The zero-order valence-corrected chi connectivity index (χ0v) is 82.2. The van der Waals surface area contributed by atoms with Crippen LogP contribution in [0.5, 0.6) is 0 Å². The Balaban J connectivity index is 0.000000110. The van der Waals surface area contributed by atoms with Gasteiger partial charge >= 0.3 is 0 Å². The first-order valence-corrected chi connectivity index (χ1v) is 50.8. The average molecular weight is 1910 g/mol. The van der Waals surface area contributed by atoms with Crippen molar-refractivity contribution >= 4 is 97.3 Å². The largest absolute Gasteiger partial charge is 0.456 e. The number of benzene rings is 23. The van der Waals surface area contributed by atoms with Crippen LogP contribution >= 0.6 is 0 Å². The maximum Gasteiger partial charge on any atom is 0.165 e. The smallest absolute Gasteiger partial charge is 0.165 e. The molecule has 0 aliphatic heterocycles. The summed E-state index contributed by atoms with van der Waals surface area (Å²) in [6.07, 6.45) is 0. The van der Waals surface area contributed by atoms with E-state index in [0.717, 1.165) is 149 Å². The fourth-order valence-corrected chi connectivity index (χ4v) is 22.6. The van der Waals surface area contributed by atoms with Crippen LogP contribution in [0.4, 0.5) is 0 Å². The van der Waals surface area contributed by atoms with Gasteiger partial charge in [-0.25, -0.2) is 44.9 Å². The molecule has 0 amide bonds. The lowest BCUT2D eigenvalue weighted by Gasteiger charge is -2.23. The van der Waals surface area contributed by atoms with Crippen molar-refractivity contribution in [3.05, 3.63) is 514 Å². The monoisotopic (exact) mass is 1900 g/mol. The maximum atomic E-state index is 6.26. The minimum absolute atomic E-state index is 0.111. The van der Waals surface area contributed by atoms with Gasteiger partial charge in [0.05, 0.1) is 0 Å². The summed E-state index contributed by atoms with van der Waals surface area (Å²) in [5.41, 5.74) is 29.8. The highest BCUT2D eigenvalue weighted by Gasteiger charge is 2.40. The van der Waals surface area contributed by atoms with Gasteiger partial charge in [-0.1, -0.05) is 452 Å². The van der Waals surface area contributed by atoms with Crippen LogP contribution in [0.1, 0.15) is 49.9 Å². The molecule has 4 aromatic heterocycles. The van der Waals surface area contributed by atoms with Gasteiger partial charge in [-0.2, -0.15) is 0 Å². The first kappa shape index (κ1) is 88.6. The van der Waals surface area contributed by atoms with Gasteiger partial charge in [0.1, 0.15) is 11.2 Å². The van der Waals surface area contributed by atoms with E-state index in [2.05, 4.69) is 489 Å². The van der Waals surface area contributed by atoms with Crippen LogP contribution in [0.15, 0.2) is 496 Å². The van der Waals surface area contributed by atoms with E-state index < -0.39 is 0 Å². The molecule has 0 saturated carbocycles. The summed E-state index contributed by atoms with van der Waals surface area (Å²) < 4.78 is 6.26. The molecule has 0 atom stereocenters. The maximum absolute atomic E-state index is 6.26. The van der Waals surface area contributed by atoms with Gasteiger partial charge in [-0.15, -0.1) is 0 Å². The van der Waals surface area contributed by atoms with E-state index in [4.69, 9.17) is 49.3 Å². The van der Waals surface area contributed by atoms with Crippen LogP contribution in [-0.2, 0) is 10.8 Å². The van der Waals surface area contributed by atoms with Gasteiger partial charge in [0.2, 0.25) is 0 Å². The number of hydrogen-bond acceptors (Lipinski definition) is 10. The molecular formula is C139H93N9O. The highest BCUT2D eigenvalue weighted by atomic mass is 16.3. The van der Waals surface area contributed by atoms with Crippen molar-refractivity contribution in [2.75, 3.05) is 0 Å². The highest BCUT2D eigenvalue weighted by molar-refractivity contribution is 6.17. The van der Waals surface area contributed by atoms with E-state index in [1.807, 2.05) is 30.3 Å². The predicted octanol–water partition coefficient (Wildman–Crippen LogP) is 35.9. The molecule has 0 bridgehead atoms. The summed E-state index contributed by atoms with van der Waals surface area (Å²) in [5.74, 6) is 5.85. The first-order valence-electron chi connectivity index (χ1n) is 50.8. The minimum Gasteiger partial charge on any atom is -0.456 e. The Morgan fingerprint density at radius 1 is 0.148 bits per heavy atom. The predicted molar refractivity (Wildman–Crippen MR) is 615 cm³/mol. The van der Waals surface area contributed by atoms with Crippen LogP contribution in [0, 0.1) is 0 Å². The summed E-state index contributed by atoms with van der Waals surface area (Å²) in [5, 5.41) is 18.5. The third-order valence-corrected chi connectivity index (χ3v) is 30.1. The summed E-state index contributed by atoms with van der Waals surface area (Å²) in [4.78, 5) is 46.7. The SMILES string of the molecule is CC1(C)c2ccccc2-c2c1cc1ccccc1c2-c1cccc(-c2nc(-c3ccc4ccccc4c3)nc(-c3ccc4ccccc4c3)n2)c1.CC1(C)c2ccccc2-c2c1cc1ccccc1c2-c1nc(-c2cccc(-c3ccccc3)c2)nc(-c2cccc(-c3ccccc3)c2)n1.c1ccc2cc(-c3nc(-c4ccc5ccccc5c4)nc(-c4cccc5c(-c6cccc7oc8ccccc8c67)cccc45)n3)ccc2c1. The van der Waals surface area contributed by atoms with Crippen molar-refractivity contribution < 1.29 is 4.42 Å². The van der Waals surface area contributed by atoms with Crippen molar-refractivity contribution in [3.63, 3.8) is 0 Å². The first-order chi connectivity index (χ1) is 73.3. The molecule has 0 fully saturated rings. The molecule has 29 rings (SSSR count). The molecule has 10 heteroatoms. The normalized spacial score (nSPS) is 12.5. The molecule has 23 aromatic carbocycles. The average Bonchev–Trinajstić information content (AvgIpc) is 1.55. The van der Waals surface area contributed by atoms with E-state index in [0.29, 0.717) is 52.4 Å². The molecule has 27 aromatic rings. The summed E-state index contributed by atoms with van der Waals surface area (Å²) in [6.45, 7) is 9.34. The topological polar surface area (TPSA) is 129 Å².